The van der Waals surface area contributed by atoms with Gasteiger partial charge in [0, 0.05) is 69.0 Å². The van der Waals surface area contributed by atoms with Crippen LogP contribution in [-0.4, -0.2) is 54.0 Å². The Balaban J connectivity index is 1.71. The third-order valence-electron chi connectivity index (χ3n) is 6.27. The van der Waals surface area contributed by atoms with Gasteiger partial charge in [0.1, 0.15) is 5.82 Å². The number of aryl methyl sites for hydroxylation is 1. The molecule has 1 amide bonds. The van der Waals surface area contributed by atoms with E-state index in [2.05, 4.69) is 20.2 Å². The number of hydrogen-bond donors (Lipinski definition) is 1. The number of nitrogens with one attached hydrogen (secondary N) is 1. The number of halogens is 6. The minimum Gasteiger partial charge on any atom is -0.354 e. The van der Waals surface area contributed by atoms with E-state index >= 15 is 0 Å². The number of amides is 1. The van der Waals surface area contributed by atoms with Crippen molar-refractivity contribution >= 4 is 11.7 Å². The number of nitrogens with zero attached hydrogens (tertiary/aromatic N) is 4. The van der Waals surface area contributed by atoms with Gasteiger partial charge in [-0.15, -0.1) is 0 Å². The van der Waals surface area contributed by atoms with Gasteiger partial charge >= 0.3 is 12.4 Å². The third-order valence-corrected chi connectivity index (χ3v) is 6.27. The highest BCUT2D eigenvalue weighted by atomic mass is 19.4. The first-order chi connectivity index (χ1) is 17.8. The number of carbonyl (C=O) groups excluding carboxylic acids is 1. The zero-order chi connectivity index (χ0) is 27.7. The molecule has 6 nitrogen and oxygen atoms in total. The Morgan fingerprint density at radius 2 is 1.61 bits per heavy atom. The molecule has 1 saturated heterocycles. The van der Waals surface area contributed by atoms with Gasteiger partial charge in [0.05, 0.1) is 16.7 Å². The number of aromatic nitrogens is 2. The van der Waals surface area contributed by atoms with E-state index in [9.17, 15) is 31.1 Å². The predicted octanol–water partition coefficient (Wildman–Crippen LogP) is 5.17. The number of benzene rings is 1. The van der Waals surface area contributed by atoms with Gasteiger partial charge < -0.3 is 15.1 Å². The Labute approximate surface area is 215 Å². The van der Waals surface area contributed by atoms with Crippen molar-refractivity contribution in [2.45, 2.75) is 25.8 Å². The molecule has 4 rings (SSSR count). The summed E-state index contributed by atoms with van der Waals surface area (Å²) in [6.07, 6.45) is -6.96. The number of piperazine rings is 1. The van der Waals surface area contributed by atoms with Crippen LogP contribution in [0.3, 0.4) is 0 Å². The van der Waals surface area contributed by atoms with Gasteiger partial charge in [-0.25, -0.2) is 4.98 Å². The topological polar surface area (TPSA) is 61.4 Å². The lowest BCUT2D eigenvalue weighted by atomic mass is 9.99. The van der Waals surface area contributed by atoms with E-state index in [0.29, 0.717) is 47.9 Å². The molecular weight excluding hydrogens is 512 g/mol. The minimum absolute atomic E-state index is 0.0629. The van der Waals surface area contributed by atoms with Gasteiger partial charge in [0.25, 0.3) is 5.91 Å². The molecule has 0 bridgehead atoms. The van der Waals surface area contributed by atoms with Gasteiger partial charge in [-0.1, -0.05) is 6.07 Å². The van der Waals surface area contributed by atoms with Gasteiger partial charge in [-0.2, -0.15) is 26.3 Å². The van der Waals surface area contributed by atoms with Crippen LogP contribution in [0.15, 0.2) is 48.8 Å². The maximum absolute atomic E-state index is 13.5. The number of alkyl halides is 6. The summed E-state index contributed by atoms with van der Waals surface area (Å²) in [6.45, 7) is 4.26. The summed E-state index contributed by atoms with van der Waals surface area (Å²) in [6, 6.07) is 6.58. The average Bonchev–Trinajstić information content (AvgIpc) is 2.87. The standard InChI is InChI=1S/C26H25F6N5O/c1-16-20(4-3-5-34-16)21-13-23(37-8-6-33-7-9-37)35-14-22(21)24(38)36(2)15-17-10-18(25(27,28)29)12-19(11-17)26(30,31)32/h3-5,10-14,33H,6-9,15H2,1-2H3. The highest BCUT2D eigenvalue weighted by Gasteiger charge is 2.37. The van der Waals surface area contributed by atoms with Gasteiger partial charge in [0.15, 0.2) is 0 Å². The molecule has 0 radical (unpaired) electrons. The number of hydrogen-bond acceptors (Lipinski definition) is 5. The molecule has 0 spiro atoms. The van der Waals surface area contributed by atoms with E-state index in [1.54, 1.807) is 31.3 Å². The molecule has 1 aromatic carbocycles. The summed E-state index contributed by atoms with van der Waals surface area (Å²) in [5, 5.41) is 3.25. The van der Waals surface area contributed by atoms with Crippen LogP contribution in [0.25, 0.3) is 11.1 Å². The molecule has 0 unspecified atom stereocenters. The first-order valence-corrected chi connectivity index (χ1v) is 11.8. The molecule has 0 aliphatic carbocycles. The fraction of sp³-hybridized carbons (Fsp3) is 0.346. The number of carbonyl (C=O) groups is 1. The van der Waals surface area contributed by atoms with Gasteiger partial charge in [-0.3, -0.25) is 9.78 Å². The van der Waals surface area contributed by atoms with Crippen LogP contribution in [0, 0.1) is 6.92 Å². The number of pyridine rings is 2. The molecule has 38 heavy (non-hydrogen) atoms. The first kappa shape index (κ1) is 27.4. The van der Waals surface area contributed by atoms with Crippen molar-refractivity contribution < 1.29 is 31.1 Å². The normalized spacial score (nSPS) is 14.5. The molecule has 0 atom stereocenters. The Kier molecular flexibility index (Phi) is 7.63. The van der Waals surface area contributed by atoms with Crippen molar-refractivity contribution in [3.8, 4) is 11.1 Å². The van der Waals surface area contributed by atoms with E-state index in [1.807, 2.05) is 0 Å². The SMILES string of the molecule is Cc1ncccc1-c1cc(N2CCNCC2)ncc1C(=O)N(C)Cc1cc(C(F)(F)F)cc(C(F)(F)F)c1. The zero-order valence-corrected chi connectivity index (χ0v) is 20.6. The summed E-state index contributed by atoms with van der Waals surface area (Å²) in [4.78, 5) is 25.4. The lowest BCUT2D eigenvalue weighted by molar-refractivity contribution is -0.143. The van der Waals surface area contributed by atoms with Crippen LogP contribution in [0.5, 0.6) is 0 Å². The second-order valence-corrected chi connectivity index (χ2v) is 9.04. The molecule has 1 aliphatic heterocycles. The highest BCUT2D eigenvalue weighted by molar-refractivity contribution is 6.01. The van der Waals surface area contributed by atoms with Crippen LogP contribution >= 0.6 is 0 Å². The van der Waals surface area contributed by atoms with E-state index in [4.69, 9.17) is 0 Å². The lowest BCUT2D eigenvalue weighted by Gasteiger charge is -2.29. The lowest BCUT2D eigenvalue weighted by Crippen LogP contribution is -2.44. The Morgan fingerprint density at radius 3 is 2.18 bits per heavy atom. The third kappa shape index (κ3) is 6.07. The first-order valence-electron chi connectivity index (χ1n) is 11.8. The largest absolute Gasteiger partial charge is 0.416 e. The van der Waals surface area contributed by atoms with Crippen LogP contribution < -0.4 is 10.2 Å². The molecule has 1 fully saturated rings. The van der Waals surface area contributed by atoms with Crippen molar-refractivity contribution in [2.75, 3.05) is 38.1 Å². The van der Waals surface area contributed by atoms with Crippen molar-refractivity contribution in [1.29, 1.82) is 0 Å². The second-order valence-electron chi connectivity index (χ2n) is 9.04. The summed E-state index contributed by atoms with van der Waals surface area (Å²) >= 11 is 0. The summed E-state index contributed by atoms with van der Waals surface area (Å²) in [5.41, 5.74) is -1.17. The van der Waals surface area contributed by atoms with E-state index in [-0.39, 0.29) is 17.2 Å². The zero-order valence-electron chi connectivity index (χ0n) is 20.6. The molecular formula is C26H25F6N5O. The Hall–Kier alpha value is -3.67. The predicted molar refractivity (Wildman–Crippen MR) is 130 cm³/mol. The van der Waals surface area contributed by atoms with Crippen molar-refractivity contribution in [3.63, 3.8) is 0 Å². The summed E-state index contributed by atoms with van der Waals surface area (Å²) in [5.74, 6) is 0.0465. The van der Waals surface area contributed by atoms with Gasteiger partial charge in [0.2, 0.25) is 0 Å². The average molecular weight is 538 g/mol. The van der Waals surface area contributed by atoms with Crippen LogP contribution in [0.4, 0.5) is 32.2 Å². The van der Waals surface area contributed by atoms with E-state index < -0.39 is 35.9 Å². The van der Waals surface area contributed by atoms with Crippen LogP contribution in [0.2, 0.25) is 0 Å². The molecule has 1 aliphatic rings. The molecule has 0 saturated carbocycles. The van der Waals surface area contributed by atoms with Crippen molar-refractivity contribution in [2.24, 2.45) is 0 Å². The molecule has 1 N–H and O–H groups in total. The quantitative estimate of drug-likeness (QED) is 0.455. The Morgan fingerprint density at radius 1 is 0.974 bits per heavy atom. The van der Waals surface area contributed by atoms with Crippen molar-refractivity contribution in [1.82, 2.24) is 20.2 Å². The second kappa shape index (κ2) is 10.6. The fourth-order valence-electron chi connectivity index (χ4n) is 4.34. The smallest absolute Gasteiger partial charge is 0.354 e. The minimum atomic E-state index is -4.98. The monoisotopic (exact) mass is 537 g/mol. The molecule has 2 aromatic heterocycles. The summed E-state index contributed by atoms with van der Waals surface area (Å²) in [7, 11) is 1.32. The van der Waals surface area contributed by atoms with Gasteiger partial charge in [-0.05, 0) is 42.8 Å². The Bertz CT molecular complexity index is 1290. The van der Waals surface area contributed by atoms with Crippen LogP contribution in [-0.2, 0) is 18.9 Å². The van der Waals surface area contributed by atoms with Crippen molar-refractivity contribution in [3.05, 3.63) is 76.7 Å². The van der Waals surface area contributed by atoms with E-state index in [0.717, 1.165) is 18.0 Å². The number of anilines is 1. The molecule has 3 heterocycles. The maximum Gasteiger partial charge on any atom is 0.416 e. The van der Waals surface area contributed by atoms with E-state index in [1.165, 1.54) is 13.2 Å². The maximum atomic E-state index is 13.5. The highest BCUT2D eigenvalue weighted by Crippen LogP contribution is 2.37. The number of rotatable bonds is 5. The summed E-state index contributed by atoms with van der Waals surface area (Å²) < 4.78 is 79.8. The fourth-order valence-corrected chi connectivity index (χ4v) is 4.34. The van der Waals surface area contributed by atoms with Crippen LogP contribution in [0.1, 0.15) is 32.7 Å². The molecule has 12 heteroatoms. The molecule has 202 valence electrons. The molecule has 3 aromatic rings.